The second-order valence-electron chi connectivity index (χ2n) is 6.67. The molecule has 28 heavy (non-hydrogen) atoms. The van der Waals surface area contributed by atoms with Gasteiger partial charge in [0.1, 0.15) is 5.75 Å². The lowest BCUT2D eigenvalue weighted by Crippen LogP contribution is -2.38. The van der Waals surface area contributed by atoms with Gasteiger partial charge in [0.15, 0.2) is 5.96 Å². The Balaban J connectivity index is 1.40. The fraction of sp³-hybridized carbons (Fsp3) is 0.364. The summed E-state index contributed by atoms with van der Waals surface area (Å²) in [6, 6.07) is 14.5. The van der Waals surface area contributed by atoms with E-state index >= 15 is 0 Å². The van der Waals surface area contributed by atoms with Crippen LogP contribution in [0.25, 0.3) is 10.8 Å². The Bertz CT molecular complexity index is 903. The lowest BCUT2D eigenvalue weighted by atomic mass is 10.1. The SMILES string of the molecule is CCNC(=NCCCOc1ccc2ccccc2c1)NCCc1cnn(C)c1. The van der Waals surface area contributed by atoms with Crippen molar-refractivity contribution in [2.75, 3.05) is 26.2 Å². The van der Waals surface area contributed by atoms with E-state index in [9.17, 15) is 0 Å². The molecule has 0 atom stereocenters. The van der Waals surface area contributed by atoms with Crippen molar-refractivity contribution in [2.45, 2.75) is 19.8 Å². The molecule has 0 aliphatic rings. The largest absolute Gasteiger partial charge is 0.494 e. The number of fused-ring (bicyclic) bond motifs is 1. The molecule has 3 rings (SSSR count). The van der Waals surface area contributed by atoms with Crippen LogP contribution in [0.5, 0.6) is 5.75 Å². The number of rotatable bonds is 9. The highest BCUT2D eigenvalue weighted by Crippen LogP contribution is 2.20. The Morgan fingerprint density at radius 3 is 2.79 bits per heavy atom. The zero-order valence-electron chi connectivity index (χ0n) is 16.7. The van der Waals surface area contributed by atoms with Gasteiger partial charge < -0.3 is 15.4 Å². The summed E-state index contributed by atoms with van der Waals surface area (Å²) in [4.78, 5) is 4.62. The van der Waals surface area contributed by atoms with Crippen LogP contribution in [0.3, 0.4) is 0 Å². The first-order valence-corrected chi connectivity index (χ1v) is 9.86. The van der Waals surface area contributed by atoms with Gasteiger partial charge in [0, 0.05) is 39.3 Å². The van der Waals surface area contributed by atoms with Gasteiger partial charge in [-0.25, -0.2) is 0 Å². The van der Waals surface area contributed by atoms with Crippen LogP contribution in [-0.4, -0.2) is 42.0 Å². The van der Waals surface area contributed by atoms with E-state index in [2.05, 4.69) is 51.9 Å². The average molecular weight is 380 g/mol. The van der Waals surface area contributed by atoms with Crippen LogP contribution >= 0.6 is 0 Å². The first kappa shape index (κ1) is 19.7. The van der Waals surface area contributed by atoms with Crippen LogP contribution in [0.15, 0.2) is 59.9 Å². The smallest absolute Gasteiger partial charge is 0.191 e. The molecule has 1 aromatic heterocycles. The third-order valence-corrected chi connectivity index (χ3v) is 4.37. The van der Waals surface area contributed by atoms with E-state index in [1.165, 1.54) is 16.3 Å². The number of hydrogen-bond acceptors (Lipinski definition) is 3. The van der Waals surface area contributed by atoms with Gasteiger partial charge in [-0.1, -0.05) is 30.3 Å². The van der Waals surface area contributed by atoms with Crippen LogP contribution in [0.1, 0.15) is 18.9 Å². The van der Waals surface area contributed by atoms with Crippen molar-refractivity contribution in [3.05, 3.63) is 60.4 Å². The number of aromatic nitrogens is 2. The molecule has 2 N–H and O–H groups in total. The van der Waals surface area contributed by atoms with Crippen LogP contribution in [0.4, 0.5) is 0 Å². The second-order valence-corrected chi connectivity index (χ2v) is 6.67. The molecule has 148 valence electrons. The fourth-order valence-corrected chi connectivity index (χ4v) is 2.97. The number of nitrogens with zero attached hydrogens (tertiary/aromatic N) is 3. The van der Waals surface area contributed by atoms with Gasteiger partial charge in [-0.3, -0.25) is 9.67 Å². The van der Waals surface area contributed by atoms with E-state index < -0.39 is 0 Å². The van der Waals surface area contributed by atoms with Crippen molar-refractivity contribution in [3.8, 4) is 5.75 Å². The van der Waals surface area contributed by atoms with Crippen molar-refractivity contribution in [1.82, 2.24) is 20.4 Å². The molecule has 2 aromatic carbocycles. The molecule has 0 radical (unpaired) electrons. The summed E-state index contributed by atoms with van der Waals surface area (Å²) in [5.74, 6) is 1.75. The van der Waals surface area contributed by atoms with E-state index in [0.717, 1.165) is 44.2 Å². The molecule has 3 aromatic rings. The summed E-state index contributed by atoms with van der Waals surface area (Å²) in [5, 5.41) is 13.3. The maximum Gasteiger partial charge on any atom is 0.191 e. The quantitative estimate of drug-likeness (QED) is 0.341. The molecule has 0 amide bonds. The highest BCUT2D eigenvalue weighted by atomic mass is 16.5. The summed E-state index contributed by atoms with van der Waals surface area (Å²) in [5.41, 5.74) is 1.22. The summed E-state index contributed by atoms with van der Waals surface area (Å²) >= 11 is 0. The highest BCUT2D eigenvalue weighted by molar-refractivity contribution is 5.83. The van der Waals surface area contributed by atoms with E-state index in [1.807, 2.05) is 42.3 Å². The Morgan fingerprint density at radius 2 is 2.00 bits per heavy atom. The van der Waals surface area contributed by atoms with Crippen molar-refractivity contribution in [2.24, 2.45) is 12.0 Å². The molecule has 0 spiro atoms. The minimum atomic E-state index is 0.650. The molecular weight excluding hydrogens is 350 g/mol. The minimum absolute atomic E-state index is 0.650. The zero-order chi connectivity index (χ0) is 19.6. The van der Waals surface area contributed by atoms with E-state index in [4.69, 9.17) is 4.74 Å². The molecule has 0 bridgehead atoms. The van der Waals surface area contributed by atoms with Crippen molar-refractivity contribution in [1.29, 1.82) is 0 Å². The van der Waals surface area contributed by atoms with Crippen LogP contribution in [0, 0.1) is 0 Å². The topological polar surface area (TPSA) is 63.5 Å². The normalized spacial score (nSPS) is 11.6. The van der Waals surface area contributed by atoms with Gasteiger partial charge in [0.05, 0.1) is 12.8 Å². The van der Waals surface area contributed by atoms with Crippen LogP contribution < -0.4 is 15.4 Å². The number of nitrogens with one attached hydrogen (secondary N) is 2. The Morgan fingerprint density at radius 1 is 1.14 bits per heavy atom. The van der Waals surface area contributed by atoms with E-state index in [-0.39, 0.29) is 0 Å². The summed E-state index contributed by atoms with van der Waals surface area (Å²) in [6.07, 6.45) is 5.72. The Kier molecular flexibility index (Phi) is 7.29. The second kappa shape index (κ2) is 10.3. The summed E-state index contributed by atoms with van der Waals surface area (Å²) < 4.78 is 7.70. The first-order valence-electron chi connectivity index (χ1n) is 9.86. The fourth-order valence-electron chi connectivity index (χ4n) is 2.97. The number of guanidine groups is 1. The molecular formula is C22H29N5O. The summed E-state index contributed by atoms with van der Waals surface area (Å²) in [7, 11) is 1.93. The van der Waals surface area contributed by atoms with Crippen molar-refractivity contribution < 1.29 is 4.74 Å². The Hall–Kier alpha value is -3.02. The predicted octanol–water partition coefficient (Wildman–Crippen LogP) is 3.14. The van der Waals surface area contributed by atoms with Gasteiger partial charge in [0.25, 0.3) is 0 Å². The molecule has 6 nitrogen and oxygen atoms in total. The molecule has 0 unspecified atom stereocenters. The van der Waals surface area contributed by atoms with Crippen molar-refractivity contribution in [3.63, 3.8) is 0 Å². The molecule has 1 heterocycles. The van der Waals surface area contributed by atoms with Gasteiger partial charge in [-0.05, 0) is 41.8 Å². The van der Waals surface area contributed by atoms with Gasteiger partial charge in [0.2, 0.25) is 0 Å². The number of aliphatic imine (C=N–C) groups is 1. The van der Waals surface area contributed by atoms with Crippen molar-refractivity contribution >= 4 is 16.7 Å². The molecule has 0 saturated heterocycles. The third kappa shape index (κ3) is 6.01. The van der Waals surface area contributed by atoms with Gasteiger partial charge >= 0.3 is 0 Å². The monoisotopic (exact) mass is 379 g/mol. The maximum absolute atomic E-state index is 5.88. The standard InChI is InChI=1S/C22H29N5O/c1-3-23-22(25-13-11-18-16-26-27(2)17-18)24-12-6-14-28-21-10-9-19-7-4-5-8-20(19)15-21/h4-5,7-10,15-17H,3,6,11-14H2,1-2H3,(H2,23,24,25). The first-order chi connectivity index (χ1) is 13.7. The van der Waals surface area contributed by atoms with Gasteiger partial charge in [-0.2, -0.15) is 5.10 Å². The third-order valence-electron chi connectivity index (χ3n) is 4.37. The van der Waals surface area contributed by atoms with Crippen LogP contribution in [0.2, 0.25) is 0 Å². The number of aryl methyl sites for hydroxylation is 1. The summed E-state index contributed by atoms with van der Waals surface area (Å²) in [6.45, 7) is 5.10. The average Bonchev–Trinajstić information content (AvgIpc) is 3.12. The van der Waals surface area contributed by atoms with E-state index in [0.29, 0.717) is 6.61 Å². The highest BCUT2D eigenvalue weighted by Gasteiger charge is 2.00. The molecule has 6 heteroatoms. The number of ether oxygens (including phenoxy) is 1. The molecule has 0 saturated carbocycles. The number of hydrogen-bond donors (Lipinski definition) is 2. The maximum atomic E-state index is 5.88. The zero-order valence-corrected chi connectivity index (χ0v) is 16.7. The lowest BCUT2D eigenvalue weighted by molar-refractivity contribution is 0.314. The Labute approximate surface area is 166 Å². The molecule has 0 aliphatic heterocycles. The molecule has 0 fully saturated rings. The number of benzene rings is 2. The lowest BCUT2D eigenvalue weighted by Gasteiger charge is -2.11. The van der Waals surface area contributed by atoms with E-state index in [1.54, 1.807) is 0 Å². The van der Waals surface area contributed by atoms with Gasteiger partial charge in [-0.15, -0.1) is 0 Å². The van der Waals surface area contributed by atoms with Crippen LogP contribution in [-0.2, 0) is 13.5 Å². The predicted molar refractivity (Wildman–Crippen MR) is 115 cm³/mol. The minimum Gasteiger partial charge on any atom is -0.494 e. The molecule has 0 aliphatic carbocycles.